The molecule has 2 heterocycles. The summed E-state index contributed by atoms with van der Waals surface area (Å²) in [5.41, 5.74) is 7.04. The molecule has 0 spiro atoms. The van der Waals surface area contributed by atoms with Crippen molar-refractivity contribution >= 4 is 17.6 Å². The van der Waals surface area contributed by atoms with Crippen LogP contribution >= 0.6 is 0 Å². The van der Waals surface area contributed by atoms with Gasteiger partial charge >= 0.3 is 6.03 Å². The van der Waals surface area contributed by atoms with Gasteiger partial charge in [-0.25, -0.2) is 4.79 Å². The average Bonchev–Trinajstić information content (AvgIpc) is 3.16. The maximum atomic E-state index is 12.3. The monoisotopic (exact) mass is 359 g/mol. The van der Waals surface area contributed by atoms with Crippen LogP contribution in [0.15, 0.2) is 30.3 Å². The van der Waals surface area contributed by atoms with Crippen molar-refractivity contribution in [3.8, 4) is 0 Å². The lowest BCUT2D eigenvalue weighted by Crippen LogP contribution is -2.47. The molecule has 0 saturated carbocycles. The van der Waals surface area contributed by atoms with Gasteiger partial charge in [-0.15, -0.1) is 0 Å². The van der Waals surface area contributed by atoms with Crippen LogP contribution in [0.2, 0.25) is 0 Å². The van der Waals surface area contributed by atoms with Crippen LogP contribution < -0.4 is 21.5 Å². The second-order valence-corrected chi connectivity index (χ2v) is 7.15. The zero-order valence-corrected chi connectivity index (χ0v) is 15.2. The predicted molar refractivity (Wildman–Crippen MR) is 102 cm³/mol. The summed E-state index contributed by atoms with van der Waals surface area (Å²) in [4.78, 5) is 26.2. The van der Waals surface area contributed by atoms with Gasteiger partial charge in [-0.3, -0.25) is 15.6 Å². The minimum Gasteiger partial charge on any atom is -0.353 e. The zero-order valence-electron chi connectivity index (χ0n) is 15.2. The van der Waals surface area contributed by atoms with Crippen molar-refractivity contribution in [3.63, 3.8) is 0 Å². The van der Waals surface area contributed by atoms with Crippen molar-refractivity contribution in [3.05, 3.63) is 30.3 Å². The highest BCUT2D eigenvalue weighted by Gasteiger charge is 2.24. The van der Waals surface area contributed by atoms with Gasteiger partial charge in [0.1, 0.15) is 0 Å². The smallest absolute Gasteiger partial charge is 0.321 e. The quantitative estimate of drug-likeness (QED) is 0.623. The number of para-hydroxylation sites is 1. The SMILES string of the molecule is O=C(CCCC1CNNC1)NC1CCN(C(=O)Nc2ccccc2)CC1. The maximum absolute atomic E-state index is 12.3. The van der Waals surface area contributed by atoms with E-state index in [1.54, 1.807) is 0 Å². The number of nitrogens with zero attached hydrogens (tertiary/aromatic N) is 1. The summed E-state index contributed by atoms with van der Waals surface area (Å²) >= 11 is 0. The number of rotatable bonds is 6. The van der Waals surface area contributed by atoms with Crippen molar-refractivity contribution in [2.45, 2.75) is 38.1 Å². The molecule has 4 N–H and O–H groups in total. The third-order valence-corrected chi connectivity index (χ3v) is 5.10. The van der Waals surface area contributed by atoms with Crippen LogP contribution in [-0.4, -0.2) is 49.1 Å². The Hall–Kier alpha value is -2.12. The van der Waals surface area contributed by atoms with E-state index in [0.29, 0.717) is 25.4 Å². The zero-order chi connectivity index (χ0) is 18.2. The number of piperidine rings is 1. The summed E-state index contributed by atoms with van der Waals surface area (Å²) in [6.45, 7) is 3.32. The first-order chi connectivity index (χ1) is 12.7. The lowest BCUT2D eigenvalue weighted by Gasteiger charge is -2.32. The molecular weight excluding hydrogens is 330 g/mol. The third-order valence-electron chi connectivity index (χ3n) is 5.10. The average molecular weight is 359 g/mol. The van der Waals surface area contributed by atoms with Crippen LogP contribution in [0, 0.1) is 5.92 Å². The largest absolute Gasteiger partial charge is 0.353 e. The van der Waals surface area contributed by atoms with E-state index >= 15 is 0 Å². The fourth-order valence-corrected chi connectivity index (χ4v) is 3.51. The first kappa shape index (κ1) is 18.7. The Kier molecular flexibility index (Phi) is 6.85. The molecule has 0 atom stereocenters. The molecule has 2 aliphatic heterocycles. The Morgan fingerprint density at radius 1 is 1.08 bits per heavy atom. The molecule has 3 amide bonds. The fraction of sp³-hybridized carbons (Fsp3) is 0.579. The summed E-state index contributed by atoms with van der Waals surface area (Å²) in [6.07, 6.45) is 4.21. The maximum Gasteiger partial charge on any atom is 0.321 e. The minimum atomic E-state index is -0.0697. The number of urea groups is 1. The molecule has 7 nitrogen and oxygen atoms in total. The van der Waals surface area contributed by atoms with E-state index in [9.17, 15) is 9.59 Å². The second kappa shape index (κ2) is 9.54. The van der Waals surface area contributed by atoms with Gasteiger partial charge in [0.15, 0.2) is 0 Å². The van der Waals surface area contributed by atoms with E-state index in [1.807, 2.05) is 35.2 Å². The molecule has 0 radical (unpaired) electrons. The van der Waals surface area contributed by atoms with Crippen LogP contribution in [0.4, 0.5) is 10.5 Å². The Morgan fingerprint density at radius 2 is 1.77 bits per heavy atom. The molecule has 2 fully saturated rings. The van der Waals surface area contributed by atoms with Crippen LogP contribution in [0.3, 0.4) is 0 Å². The molecule has 1 aromatic rings. The van der Waals surface area contributed by atoms with Crippen LogP contribution in [0.1, 0.15) is 32.1 Å². The highest BCUT2D eigenvalue weighted by atomic mass is 16.2. The van der Waals surface area contributed by atoms with Gasteiger partial charge in [-0.1, -0.05) is 18.2 Å². The van der Waals surface area contributed by atoms with E-state index in [-0.39, 0.29) is 18.0 Å². The Labute approximate surface area is 154 Å². The standard InChI is InChI=1S/C19H29N5O2/c25-18(8-4-5-15-13-20-21-14-15)22-17-9-11-24(12-10-17)19(26)23-16-6-2-1-3-7-16/h1-3,6-7,15,17,20-21H,4-5,8-14H2,(H,22,25)(H,23,26). The molecule has 0 bridgehead atoms. The minimum absolute atomic E-state index is 0.0697. The van der Waals surface area contributed by atoms with Crippen molar-refractivity contribution in [2.24, 2.45) is 5.92 Å². The Bertz CT molecular complexity index is 581. The van der Waals surface area contributed by atoms with Gasteiger partial charge in [0.25, 0.3) is 0 Å². The fourth-order valence-electron chi connectivity index (χ4n) is 3.51. The van der Waals surface area contributed by atoms with Gasteiger partial charge in [-0.2, -0.15) is 0 Å². The summed E-state index contributed by atoms with van der Waals surface area (Å²) in [5, 5.41) is 6.04. The number of nitrogens with one attached hydrogen (secondary N) is 4. The molecular formula is C19H29N5O2. The van der Waals surface area contributed by atoms with Crippen LogP contribution in [0.25, 0.3) is 0 Å². The number of hydrazine groups is 1. The van der Waals surface area contributed by atoms with Crippen molar-refractivity contribution < 1.29 is 9.59 Å². The number of amides is 3. The van der Waals surface area contributed by atoms with E-state index in [4.69, 9.17) is 0 Å². The van der Waals surface area contributed by atoms with E-state index < -0.39 is 0 Å². The van der Waals surface area contributed by atoms with E-state index in [1.165, 1.54) is 0 Å². The number of carbonyl (C=O) groups excluding carboxylic acids is 2. The molecule has 26 heavy (non-hydrogen) atoms. The molecule has 0 unspecified atom stereocenters. The lowest BCUT2D eigenvalue weighted by molar-refractivity contribution is -0.122. The second-order valence-electron chi connectivity index (χ2n) is 7.15. The molecule has 2 aliphatic rings. The molecule has 3 rings (SSSR count). The molecule has 142 valence electrons. The molecule has 1 aromatic carbocycles. The Morgan fingerprint density at radius 3 is 2.46 bits per heavy atom. The molecule has 2 saturated heterocycles. The first-order valence-corrected chi connectivity index (χ1v) is 9.57. The van der Waals surface area contributed by atoms with Gasteiger partial charge in [0.05, 0.1) is 0 Å². The highest BCUT2D eigenvalue weighted by Crippen LogP contribution is 2.14. The summed E-state index contributed by atoms with van der Waals surface area (Å²) in [6, 6.07) is 9.59. The third kappa shape index (κ3) is 5.71. The van der Waals surface area contributed by atoms with Gasteiger partial charge < -0.3 is 15.5 Å². The topological polar surface area (TPSA) is 85.5 Å². The molecule has 7 heteroatoms. The van der Waals surface area contributed by atoms with Crippen molar-refractivity contribution in [1.82, 2.24) is 21.1 Å². The molecule has 0 aliphatic carbocycles. The number of anilines is 1. The lowest BCUT2D eigenvalue weighted by atomic mass is 10.0. The number of hydrogen-bond donors (Lipinski definition) is 4. The van der Waals surface area contributed by atoms with Gasteiger partial charge in [-0.05, 0) is 43.7 Å². The highest BCUT2D eigenvalue weighted by molar-refractivity contribution is 5.89. The molecule has 0 aromatic heterocycles. The van der Waals surface area contributed by atoms with Gasteiger partial charge in [0, 0.05) is 44.3 Å². The summed E-state index contributed by atoms with van der Waals surface area (Å²) in [5.74, 6) is 0.769. The summed E-state index contributed by atoms with van der Waals surface area (Å²) < 4.78 is 0. The number of likely N-dealkylation sites (tertiary alicyclic amines) is 1. The number of carbonyl (C=O) groups is 2. The number of benzene rings is 1. The van der Waals surface area contributed by atoms with Crippen LogP contribution in [-0.2, 0) is 4.79 Å². The van der Waals surface area contributed by atoms with E-state index in [2.05, 4.69) is 21.5 Å². The van der Waals surface area contributed by atoms with E-state index in [0.717, 1.165) is 44.5 Å². The predicted octanol–water partition coefficient (Wildman–Crippen LogP) is 1.69. The first-order valence-electron chi connectivity index (χ1n) is 9.57. The Balaban J connectivity index is 1.31. The number of hydrogen-bond acceptors (Lipinski definition) is 4. The normalized spacial score (nSPS) is 18.7. The van der Waals surface area contributed by atoms with Crippen molar-refractivity contribution in [2.75, 3.05) is 31.5 Å². The van der Waals surface area contributed by atoms with Crippen molar-refractivity contribution in [1.29, 1.82) is 0 Å². The summed E-state index contributed by atoms with van der Waals surface area (Å²) in [7, 11) is 0. The van der Waals surface area contributed by atoms with Crippen LogP contribution in [0.5, 0.6) is 0 Å². The van der Waals surface area contributed by atoms with Gasteiger partial charge in [0.2, 0.25) is 5.91 Å².